The molecule has 0 unspecified atom stereocenters. The zero-order valence-electron chi connectivity index (χ0n) is 12.6. The van der Waals surface area contributed by atoms with Gasteiger partial charge in [0.15, 0.2) is 5.13 Å². The average Bonchev–Trinajstić information content (AvgIpc) is 2.88. The molecule has 0 fully saturated rings. The van der Waals surface area contributed by atoms with Gasteiger partial charge in [-0.2, -0.15) is 0 Å². The number of anilines is 1. The van der Waals surface area contributed by atoms with Crippen LogP contribution in [0.1, 0.15) is 15.4 Å². The highest BCUT2D eigenvalue weighted by molar-refractivity contribution is 7.17. The topological polar surface area (TPSA) is 133 Å². The van der Waals surface area contributed by atoms with Crippen LogP contribution in [0.2, 0.25) is 0 Å². The first-order valence-corrected chi connectivity index (χ1v) is 7.34. The van der Waals surface area contributed by atoms with Crippen LogP contribution in [-0.2, 0) is 16.1 Å². The first kappa shape index (κ1) is 17.3. The van der Waals surface area contributed by atoms with Crippen LogP contribution in [0.15, 0.2) is 23.1 Å². The van der Waals surface area contributed by atoms with E-state index in [0.29, 0.717) is 5.69 Å². The molecule has 126 valence electrons. The minimum Gasteiger partial charge on any atom is -0.465 e. The Labute approximate surface area is 138 Å². The number of nitro groups is 1. The zero-order valence-corrected chi connectivity index (χ0v) is 13.5. The maximum absolute atomic E-state index is 12.0. The molecule has 0 aliphatic rings. The van der Waals surface area contributed by atoms with Crippen LogP contribution in [0.5, 0.6) is 0 Å². The quantitative estimate of drug-likeness (QED) is 0.481. The van der Waals surface area contributed by atoms with Crippen molar-refractivity contribution in [1.82, 2.24) is 9.55 Å². The molecule has 10 nitrogen and oxygen atoms in total. The molecule has 24 heavy (non-hydrogen) atoms. The zero-order chi connectivity index (χ0) is 17.9. The maximum Gasteiger partial charge on any atom is 0.350 e. The molecule has 1 N–H and O–H groups in total. The van der Waals surface area contributed by atoms with Gasteiger partial charge in [-0.1, -0.05) is 11.3 Å². The van der Waals surface area contributed by atoms with Crippen molar-refractivity contribution < 1.29 is 19.2 Å². The van der Waals surface area contributed by atoms with Gasteiger partial charge in [0.1, 0.15) is 11.4 Å². The number of nitrogens with zero attached hydrogens (tertiary/aromatic N) is 3. The molecular weight excluding hydrogens is 340 g/mol. The molecule has 0 saturated heterocycles. The fourth-order valence-electron chi connectivity index (χ4n) is 1.80. The standard InChI is InChI=1S/C13H12N4O6S/c1-7-11(12(20)23-2)24-13(14-7)15-9(18)6-16-5-8(17(21)22)3-4-10(16)19/h3-5H,6H2,1-2H3,(H,14,15,18). The van der Waals surface area contributed by atoms with E-state index in [0.717, 1.165) is 34.2 Å². The second-order valence-electron chi connectivity index (χ2n) is 4.58. The summed E-state index contributed by atoms with van der Waals surface area (Å²) >= 11 is 0.930. The van der Waals surface area contributed by atoms with E-state index in [-0.39, 0.29) is 15.7 Å². The predicted octanol–water partition coefficient (Wildman–Crippen LogP) is 0.947. The Hall–Kier alpha value is -3.08. The Bertz CT molecular complexity index is 872. The first-order valence-electron chi connectivity index (χ1n) is 6.52. The van der Waals surface area contributed by atoms with E-state index in [2.05, 4.69) is 15.0 Å². The highest BCUT2D eigenvalue weighted by atomic mass is 32.1. The minimum absolute atomic E-state index is 0.163. The number of aromatic nitrogens is 2. The Morgan fingerprint density at radius 2 is 2.17 bits per heavy atom. The molecule has 2 aromatic heterocycles. The van der Waals surface area contributed by atoms with Crippen molar-refractivity contribution in [3.05, 3.63) is 49.4 Å². The van der Waals surface area contributed by atoms with Gasteiger partial charge in [-0.15, -0.1) is 0 Å². The molecule has 2 rings (SSSR count). The van der Waals surface area contributed by atoms with Crippen LogP contribution >= 0.6 is 11.3 Å². The molecule has 11 heteroatoms. The van der Waals surface area contributed by atoms with Crippen molar-refractivity contribution >= 4 is 34.0 Å². The van der Waals surface area contributed by atoms with E-state index >= 15 is 0 Å². The largest absolute Gasteiger partial charge is 0.465 e. The van der Waals surface area contributed by atoms with Crippen molar-refractivity contribution in [2.45, 2.75) is 13.5 Å². The summed E-state index contributed by atoms with van der Waals surface area (Å²) in [5.41, 5.74) is -0.462. The fourth-order valence-corrected chi connectivity index (χ4v) is 2.70. The number of esters is 1. The third-order valence-corrected chi connectivity index (χ3v) is 3.96. The van der Waals surface area contributed by atoms with Gasteiger partial charge < -0.3 is 10.1 Å². The average molecular weight is 352 g/mol. The molecule has 0 bridgehead atoms. The Morgan fingerprint density at radius 3 is 2.79 bits per heavy atom. The maximum atomic E-state index is 12.0. The van der Waals surface area contributed by atoms with E-state index < -0.39 is 28.9 Å². The third kappa shape index (κ3) is 3.81. The van der Waals surface area contributed by atoms with E-state index in [9.17, 15) is 24.5 Å². The monoisotopic (exact) mass is 352 g/mol. The van der Waals surface area contributed by atoms with Gasteiger partial charge in [-0.3, -0.25) is 24.3 Å². The van der Waals surface area contributed by atoms with E-state index in [4.69, 9.17) is 0 Å². The van der Waals surface area contributed by atoms with E-state index in [1.54, 1.807) is 6.92 Å². The van der Waals surface area contributed by atoms with Gasteiger partial charge in [0.25, 0.3) is 11.2 Å². The Kier molecular flexibility index (Phi) is 5.04. The SMILES string of the molecule is COC(=O)c1sc(NC(=O)Cn2cc([N+](=O)[O-])ccc2=O)nc1C. The van der Waals surface area contributed by atoms with Crippen LogP contribution in [0.3, 0.4) is 0 Å². The van der Waals surface area contributed by atoms with Crippen LogP contribution in [0, 0.1) is 17.0 Å². The summed E-state index contributed by atoms with van der Waals surface area (Å²) < 4.78 is 5.50. The normalized spacial score (nSPS) is 10.2. The number of ether oxygens (including phenoxy) is 1. The van der Waals surface area contributed by atoms with Crippen molar-refractivity contribution in [1.29, 1.82) is 0 Å². The smallest absolute Gasteiger partial charge is 0.350 e. The number of methoxy groups -OCH3 is 1. The van der Waals surface area contributed by atoms with Gasteiger partial charge >= 0.3 is 5.97 Å². The lowest BCUT2D eigenvalue weighted by atomic mass is 10.4. The lowest BCUT2D eigenvalue weighted by Gasteiger charge is -2.04. The predicted molar refractivity (Wildman–Crippen MR) is 84.2 cm³/mol. The summed E-state index contributed by atoms with van der Waals surface area (Å²) in [6, 6.07) is 2.07. The van der Waals surface area contributed by atoms with Crippen LogP contribution in [-0.4, -0.2) is 33.5 Å². The molecular formula is C13H12N4O6S. The van der Waals surface area contributed by atoms with Crippen molar-refractivity contribution in [3.8, 4) is 0 Å². The summed E-state index contributed by atoms with van der Waals surface area (Å²) in [7, 11) is 1.23. The Balaban J connectivity index is 2.14. The van der Waals surface area contributed by atoms with Crippen LogP contribution in [0.4, 0.5) is 10.8 Å². The first-order chi connectivity index (χ1) is 11.3. The molecule has 0 aliphatic carbocycles. The number of rotatable bonds is 5. The number of pyridine rings is 1. The van der Waals surface area contributed by atoms with Gasteiger partial charge in [0, 0.05) is 12.1 Å². The number of hydrogen-bond acceptors (Lipinski definition) is 8. The van der Waals surface area contributed by atoms with Gasteiger partial charge in [0.2, 0.25) is 5.91 Å². The van der Waals surface area contributed by atoms with Crippen LogP contribution < -0.4 is 10.9 Å². The van der Waals surface area contributed by atoms with Crippen molar-refractivity contribution in [2.24, 2.45) is 0 Å². The second kappa shape index (κ2) is 7.00. The van der Waals surface area contributed by atoms with E-state index in [1.807, 2.05) is 0 Å². The van der Waals surface area contributed by atoms with Crippen molar-refractivity contribution in [2.75, 3.05) is 12.4 Å². The molecule has 0 atom stereocenters. The summed E-state index contributed by atoms with van der Waals surface area (Å²) in [5.74, 6) is -1.18. The lowest BCUT2D eigenvalue weighted by molar-refractivity contribution is -0.385. The van der Waals surface area contributed by atoms with Crippen molar-refractivity contribution in [3.63, 3.8) is 0 Å². The number of nitrogens with one attached hydrogen (secondary N) is 1. The molecule has 0 aromatic carbocycles. The fraction of sp³-hybridized carbons (Fsp3) is 0.231. The van der Waals surface area contributed by atoms with Crippen LogP contribution in [0.25, 0.3) is 0 Å². The number of thiazole rings is 1. The summed E-state index contributed by atoms with van der Waals surface area (Å²) in [6.45, 7) is 1.16. The van der Waals surface area contributed by atoms with E-state index in [1.165, 1.54) is 7.11 Å². The minimum atomic E-state index is -0.666. The number of aryl methyl sites for hydroxylation is 1. The Morgan fingerprint density at radius 1 is 1.46 bits per heavy atom. The summed E-state index contributed by atoms with van der Waals surface area (Å²) in [6.07, 6.45) is 0.981. The number of carbonyl (C=O) groups excluding carboxylic acids is 2. The highest BCUT2D eigenvalue weighted by Gasteiger charge is 2.17. The van der Waals surface area contributed by atoms with Gasteiger partial charge in [0.05, 0.1) is 23.9 Å². The molecule has 1 amide bonds. The number of carbonyl (C=O) groups is 2. The molecule has 0 radical (unpaired) electrons. The third-order valence-electron chi connectivity index (χ3n) is 2.91. The lowest BCUT2D eigenvalue weighted by Crippen LogP contribution is -2.26. The van der Waals surface area contributed by atoms with Gasteiger partial charge in [-0.25, -0.2) is 9.78 Å². The molecule has 0 spiro atoms. The molecule has 2 aromatic rings. The second-order valence-corrected chi connectivity index (χ2v) is 5.58. The highest BCUT2D eigenvalue weighted by Crippen LogP contribution is 2.23. The molecule has 2 heterocycles. The summed E-state index contributed by atoms with van der Waals surface area (Å²) in [5, 5.41) is 13.3. The summed E-state index contributed by atoms with van der Waals surface area (Å²) in [4.78, 5) is 49.5. The van der Waals surface area contributed by atoms with Gasteiger partial charge in [-0.05, 0) is 6.92 Å². The number of amides is 1. The number of hydrogen-bond donors (Lipinski definition) is 1. The molecule has 0 aliphatic heterocycles. The molecule has 0 saturated carbocycles.